The number of hydrogen-bond donors (Lipinski definition) is 1. The summed E-state index contributed by atoms with van der Waals surface area (Å²) in [6, 6.07) is 7.99. The van der Waals surface area contributed by atoms with Crippen LogP contribution in [0.1, 0.15) is 23.2 Å². The zero-order chi connectivity index (χ0) is 13.0. The van der Waals surface area contributed by atoms with Crippen molar-refractivity contribution in [3.8, 4) is 0 Å². The molecule has 0 radical (unpaired) electrons. The lowest BCUT2D eigenvalue weighted by molar-refractivity contribution is 0.0601. The van der Waals surface area contributed by atoms with Crippen molar-refractivity contribution in [3.05, 3.63) is 29.8 Å². The van der Waals surface area contributed by atoms with Crippen LogP contribution in [0.5, 0.6) is 0 Å². The number of likely N-dealkylation sites (tertiary alicyclic amines) is 1. The van der Waals surface area contributed by atoms with Gasteiger partial charge in [-0.2, -0.15) is 0 Å². The number of methoxy groups -OCH3 is 1. The summed E-state index contributed by atoms with van der Waals surface area (Å²) in [6.45, 7) is 2.27. The summed E-state index contributed by atoms with van der Waals surface area (Å²) in [4.78, 5) is 13.6. The first-order valence-corrected chi connectivity index (χ1v) is 6.32. The Morgan fingerprint density at radius 1 is 1.28 bits per heavy atom. The van der Waals surface area contributed by atoms with Crippen LogP contribution in [0.15, 0.2) is 24.3 Å². The second-order valence-corrected chi connectivity index (χ2v) is 4.79. The Balaban J connectivity index is 1.92. The Hall–Kier alpha value is -1.55. The molecule has 1 heterocycles. The van der Waals surface area contributed by atoms with Gasteiger partial charge in [-0.05, 0) is 57.2 Å². The molecule has 2 rings (SSSR count). The molecule has 0 unspecified atom stereocenters. The van der Waals surface area contributed by atoms with Gasteiger partial charge in [-0.25, -0.2) is 4.79 Å². The maximum atomic E-state index is 11.3. The molecule has 1 aromatic carbocycles. The molecule has 1 aliphatic rings. The van der Waals surface area contributed by atoms with Crippen LogP contribution in [-0.2, 0) is 4.74 Å². The smallest absolute Gasteiger partial charge is 0.337 e. The van der Waals surface area contributed by atoms with E-state index < -0.39 is 0 Å². The van der Waals surface area contributed by atoms with Crippen molar-refractivity contribution in [2.24, 2.45) is 0 Å². The fraction of sp³-hybridized carbons (Fsp3) is 0.500. The van der Waals surface area contributed by atoms with Crippen LogP contribution in [0.3, 0.4) is 0 Å². The van der Waals surface area contributed by atoms with Crippen LogP contribution in [0.2, 0.25) is 0 Å². The topological polar surface area (TPSA) is 41.6 Å². The van der Waals surface area contributed by atoms with E-state index in [0.717, 1.165) is 31.6 Å². The minimum atomic E-state index is -0.291. The number of benzene rings is 1. The monoisotopic (exact) mass is 248 g/mol. The van der Waals surface area contributed by atoms with Crippen molar-refractivity contribution >= 4 is 11.7 Å². The average Bonchev–Trinajstić information content (AvgIpc) is 2.41. The van der Waals surface area contributed by atoms with Crippen molar-refractivity contribution in [2.45, 2.75) is 18.9 Å². The molecule has 0 spiro atoms. The zero-order valence-corrected chi connectivity index (χ0v) is 11.0. The number of esters is 1. The van der Waals surface area contributed by atoms with E-state index in [1.807, 2.05) is 12.1 Å². The van der Waals surface area contributed by atoms with Crippen molar-refractivity contribution in [1.82, 2.24) is 4.90 Å². The van der Waals surface area contributed by atoms with E-state index in [9.17, 15) is 4.79 Å². The Kier molecular flexibility index (Phi) is 4.20. The third-order valence-corrected chi connectivity index (χ3v) is 3.40. The summed E-state index contributed by atoms with van der Waals surface area (Å²) >= 11 is 0. The highest BCUT2D eigenvalue weighted by Gasteiger charge is 2.16. The van der Waals surface area contributed by atoms with Crippen LogP contribution >= 0.6 is 0 Å². The summed E-state index contributed by atoms with van der Waals surface area (Å²) in [7, 11) is 3.55. The predicted octanol–water partition coefficient (Wildman–Crippen LogP) is 1.98. The number of piperidine rings is 1. The molecule has 0 bridgehead atoms. The van der Waals surface area contributed by atoms with Crippen molar-refractivity contribution in [3.63, 3.8) is 0 Å². The van der Waals surface area contributed by atoms with Crippen LogP contribution in [0.25, 0.3) is 0 Å². The summed E-state index contributed by atoms with van der Waals surface area (Å²) < 4.78 is 4.67. The summed E-state index contributed by atoms with van der Waals surface area (Å²) in [5.41, 5.74) is 1.66. The summed E-state index contributed by atoms with van der Waals surface area (Å²) in [6.07, 6.45) is 2.32. The van der Waals surface area contributed by atoms with Crippen molar-refractivity contribution in [1.29, 1.82) is 0 Å². The second-order valence-electron chi connectivity index (χ2n) is 4.79. The largest absolute Gasteiger partial charge is 0.465 e. The Labute approximate surface area is 108 Å². The molecule has 0 aromatic heterocycles. The minimum absolute atomic E-state index is 0.291. The Morgan fingerprint density at radius 3 is 2.44 bits per heavy atom. The predicted molar refractivity (Wildman–Crippen MR) is 71.9 cm³/mol. The molecule has 1 N–H and O–H groups in total. The summed E-state index contributed by atoms with van der Waals surface area (Å²) in [5.74, 6) is -0.291. The highest BCUT2D eigenvalue weighted by molar-refractivity contribution is 5.89. The number of carbonyl (C=O) groups excluding carboxylic acids is 1. The fourth-order valence-electron chi connectivity index (χ4n) is 2.21. The van der Waals surface area contributed by atoms with Crippen LogP contribution in [0, 0.1) is 0 Å². The standard InChI is InChI=1S/C14H20N2O2/c1-16-9-7-13(8-10-16)15-12-5-3-11(4-6-12)14(17)18-2/h3-6,13,15H,7-10H2,1-2H3. The first kappa shape index (κ1) is 12.9. The van der Waals surface area contributed by atoms with Gasteiger partial charge in [0.2, 0.25) is 0 Å². The van der Waals surface area contributed by atoms with Crippen LogP contribution < -0.4 is 5.32 Å². The lowest BCUT2D eigenvalue weighted by Gasteiger charge is -2.30. The van der Waals surface area contributed by atoms with Crippen molar-refractivity contribution < 1.29 is 9.53 Å². The minimum Gasteiger partial charge on any atom is -0.465 e. The normalized spacial score (nSPS) is 17.4. The van der Waals surface area contributed by atoms with E-state index >= 15 is 0 Å². The van der Waals surface area contributed by atoms with E-state index in [1.54, 1.807) is 12.1 Å². The fourth-order valence-corrected chi connectivity index (χ4v) is 2.21. The summed E-state index contributed by atoms with van der Waals surface area (Å²) in [5, 5.41) is 3.51. The number of anilines is 1. The molecule has 1 aliphatic heterocycles. The van der Waals surface area contributed by atoms with E-state index in [4.69, 9.17) is 0 Å². The van der Waals surface area contributed by atoms with Gasteiger partial charge in [-0.15, -0.1) is 0 Å². The number of rotatable bonds is 3. The highest BCUT2D eigenvalue weighted by atomic mass is 16.5. The molecule has 1 fully saturated rings. The highest BCUT2D eigenvalue weighted by Crippen LogP contribution is 2.16. The molecule has 1 aromatic rings. The first-order valence-electron chi connectivity index (χ1n) is 6.32. The van der Waals surface area contributed by atoms with Crippen molar-refractivity contribution in [2.75, 3.05) is 32.6 Å². The molecule has 1 saturated heterocycles. The van der Waals surface area contributed by atoms with Gasteiger partial charge in [-0.1, -0.05) is 0 Å². The molecule has 0 amide bonds. The Morgan fingerprint density at radius 2 is 1.89 bits per heavy atom. The quantitative estimate of drug-likeness (QED) is 0.830. The number of nitrogens with zero attached hydrogens (tertiary/aromatic N) is 1. The van der Waals surface area contributed by atoms with Gasteiger partial charge < -0.3 is 15.0 Å². The lowest BCUT2D eigenvalue weighted by Crippen LogP contribution is -2.36. The van der Waals surface area contributed by atoms with Crippen LogP contribution in [-0.4, -0.2) is 44.2 Å². The molecule has 4 nitrogen and oxygen atoms in total. The van der Waals surface area contributed by atoms with Gasteiger partial charge in [0.25, 0.3) is 0 Å². The van der Waals surface area contributed by atoms with Gasteiger partial charge in [0.15, 0.2) is 0 Å². The molecule has 0 saturated carbocycles. The molecule has 0 aliphatic carbocycles. The molecule has 0 atom stereocenters. The van der Waals surface area contributed by atoms with Gasteiger partial charge in [-0.3, -0.25) is 0 Å². The number of hydrogen-bond acceptors (Lipinski definition) is 4. The number of nitrogens with one attached hydrogen (secondary N) is 1. The zero-order valence-electron chi connectivity index (χ0n) is 11.0. The average molecular weight is 248 g/mol. The van der Waals surface area contributed by atoms with E-state index in [0.29, 0.717) is 11.6 Å². The van der Waals surface area contributed by atoms with Gasteiger partial charge in [0.1, 0.15) is 0 Å². The SMILES string of the molecule is COC(=O)c1ccc(NC2CCN(C)CC2)cc1. The third kappa shape index (κ3) is 3.23. The van der Waals surface area contributed by atoms with E-state index in [-0.39, 0.29) is 5.97 Å². The number of carbonyl (C=O) groups is 1. The second kappa shape index (κ2) is 5.87. The maximum absolute atomic E-state index is 11.3. The first-order chi connectivity index (χ1) is 8.69. The van der Waals surface area contributed by atoms with Crippen LogP contribution in [0.4, 0.5) is 5.69 Å². The van der Waals surface area contributed by atoms with Gasteiger partial charge in [0, 0.05) is 11.7 Å². The van der Waals surface area contributed by atoms with Gasteiger partial charge >= 0.3 is 5.97 Å². The van der Waals surface area contributed by atoms with E-state index in [2.05, 4.69) is 22.0 Å². The Bertz CT molecular complexity index is 395. The third-order valence-electron chi connectivity index (χ3n) is 3.40. The molecule has 18 heavy (non-hydrogen) atoms. The van der Waals surface area contributed by atoms with Gasteiger partial charge in [0.05, 0.1) is 12.7 Å². The van der Waals surface area contributed by atoms with E-state index in [1.165, 1.54) is 7.11 Å². The molecular weight excluding hydrogens is 228 g/mol. The molecular formula is C14H20N2O2. The molecule has 98 valence electrons. The maximum Gasteiger partial charge on any atom is 0.337 e. The molecule has 4 heteroatoms. The number of ether oxygens (including phenoxy) is 1. The lowest BCUT2D eigenvalue weighted by atomic mass is 10.1.